The summed E-state index contributed by atoms with van der Waals surface area (Å²) in [4.78, 5) is 11.6. The fraction of sp³-hybridized carbons (Fsp3) is 0.250. The fourth-order valence-corrected chi connectivity index (χ4v) is 1.49. The molecule has 0 aliphatic rings. The zero-order valence-electron chi connectivity index (χ0n) is 9.16. The van der Waals surface area contributed by atoms with Crippen LogP contribution in [0, 0.1) is 6.92 Å². The van der Waals surface area contributed by atoms with Crippen LogP contribution in [0.4, 0.5) is 5.69 Å². The first-order valence-corrected chi connectivity index (χ1v) is 5.77. The van der Waals surface area contributed by atoms with Crippen molar-refractivity contribution in [1.82, 2.24) is 0 Å². The van der Waals surface area contributed by atoms with Gasteiger partial charge in [0, 0.05) is 10.2 Å². The van der Waals surface area contributed by atoms with Gasteiger partial charge in [0.2, 0.25) is 5.91 Å². The Kier molecular flexibility index (Phi) is 4.71. The lowest BCUT2D eigenvalue weighted by Gasteiger charge is -2.11. The van der Waals surface area contributed by atoms with Gasteiger partial charge in [-0.2, -0.15) is 0 Å². The maximum atomic E-state index is 11.6. The van der Waals surface area contributed by atoms with Gasteiger partial charge in [0.1, 0.15) is 0 Å². The van der Waals surface area contributed by atoms with E-state index in [2.05, 4.69) is 27.8 Å². The van der Waals surface area contributed by atoms with Crippen LogP contribution in [-0.2, 0) is 4.79 Å². The van der Waals surface area contributed by atoms with E-state index in [0.29, 0.717) is 6.42 Å². The number of nitrogens with one attached hydrogen (secondary N) is 1. The van der Waals surface area contributed by atoms with Crippen molar-refractivity contribution in [2.75, 3.05) is 5.32 Å². The van der Waals surface area contributed by atoms with Crippen molar-refractivity contribution in [3.8, 4) is 0 Å². The smallest absolute Gasteiger partial charge is 0.241 e. The van der Waals surface area contributed by atoms with Gasteiger partial charge in [-0.15, -0.1) is 6.58 Å². The van der Waals surface area contributed by atoms with Crippen LogP contribution >= 0.6 is 15.9 Å². The van der Waals surface area contributed by atoms with Gasteiger partial charge in [0.25, 0.3) is 0 Å². The van der Waals surface area contributed by atoms with E-state index in [1.807, 2.05) is 25.1 Å². The maximum Gasteiger partial charge on any atom is 0.241 e. The third-order valence-electron chi connectivity index (χ3n) is 2.18. The Morgan fingerprint density at radius 1 is 1.69 bits per heavy atom. The summed E-state index contributed by atoms with van der Waals surface area (Å²) in [5, 5.41) is 2.76. The Bertz CT molecular complexity index is 404. The van der Waals surface area contributed by atoms with Crippen LogP contribution in [0.1, 0.15) is 12.0 Å². The van der Waals surface area contributed by atoms with E-state index in [1.165, 1.54) is 0 Å². The summed E-state index contributed by atoms with van der Waals surface area (Å²) in [5.41, 5.74) is 7.47. The number of anilines is 1. The fourth-order valence-electron chi connectivity index (χ4n) is 1.24. The lowest BCUT2D eigenvalue weighted by Crippen LogP contribution is -2.35. The molecule has 0 bridgehead atoms. The molecule has 1 aromatic carbocycles. The van der Waals surface area contributed by atoms with E-state index >= 15 is 0 Å². The first-order chi connectivity index (χ1) is 7.54. The van der Waals surface area contributed by atoms with Gasteiger partial charge in [-0.25, -0.2) is 0 Å². The van der Waals surface area contributed by atoms with E-state index in [1.54, 1.807) is 6.08 Å². The molecule has 0 fully saturated rings. The molecule has 1 atom stereocenters. The molecule has 1 unspecified atom stereocenters. The largest absolute Gasteiger partial charge is 0.325 e. The Balaban J connectivity index is 2.69. The van der Waals surface area contributed by atoms with Crippen molar-refractivity contribution in [2.24, 2.45) is 5.73 Å². The predicted molar refractivity (Wildman–Crippen MR) is 70.3 cm³/mol. The van der Waals surface area contributed by atoms with Gasteiger partial charge in [0.05, 0.1) is 6.04 Å². The highest BCUT2D eigenvalue weighted by molar-refractivity contribution is 9.10. The van der Waals surface area contributed by atoms with E-state index in [4.69, 9.17) is 5.73 Å². The van der Waals surface area contributed by atoms with Crippen molar-refractivity contribution in [3.05, 3.63) is 40.9 Å². The molecule has 4 heteroatoms. The average Bonchev–Trinajstić information content (AvgIpc) is 2.24. The molecular formula is C12H15BrN2O. The number of halogens is 1. The highest BCUT2D eigenvalue weighted by atomic mass is 79.9. The van der Waals surface area contributed by atoms with Crippen molar-refractivity contribution in [1.29, 1.82) is 0 Å². The Morgan fingerprint density at radius 2 is 2.38 bits per heavy atom. The molecule has 86 valence electrons. The van der Waals surface area contributed by atoms with Crippen molar-refractivity contribution in [3.63, 3.8) is 0 Å². The summed E-state index contributed by atoms with van der Waals surface area (Å²) in [7, 11) is 0. The second-order valence-corrected chi connectivity index (χ2v) is 4.44. The zero-order chi connectivity index (χ0) is 12.1. The zero-order valence-corrected chi connectivity index (χ0v) is 10.8. The van der Waals surface area contributed by atoms with Gasteiger partial charge in [0.15, 0.2) is 0 Å². The van der Waals surface area contributed by atoms with E-state index in [0.717, 1.165) is 15.7 Å². The number of carbonyl (C=O) groups excluding carboxylic acids is 1. The molecule has 3 nitrogen and oxygen atoms in total. The molecule has 16 heavy (non-hydrogen) atoms. The summed E-state index contributed by atoms with van der Waals surface area (Å²) in [6.45, 7) is 5.51. The number of hydrogen-bond donors (Lipinski definition) is 2. The van der Waals surface area contributed by atoms with Gasteiger partial charge in [-0.3, -0.25) is 4.79 Å². The Labute approximate surface area is 104 Å². The lowest BCUT2D eigenvalue weighted by atomic mass is 10.2. The molecule has 0 saturated carbocycles. The normalized spacial score (nSPS) is 11.9. The van der Waals surface area contributed by atoms with Crippen LogP contribution < -0.4 is 11.1 Å². The summed E-state index contributed by atoms with van der Waals surface area (Å²) < 4.78 is 1.01. The molecule has 0 aromatic heterocycles. The molecular weight excluding hydrogens is 268 g/mol. The number of hydrogen-bond acceptors (Lipinski definition) is 2. The van der Waals surface area contributed by atoms with E-state index in [-0.39, 0.29) is 5.91 Å². The molecule has 0 saturated heterocycles. The molecule has 1 aromatic rings. The van der Waals surface area contributed by atoms with Crippen LogP contribution in [0.25, 0.3) is 0 Å². The SMILES string of the molecule is C=CCC(N)C(=O)Nc1ccc(Br)c(C)c1. The van der Waals surface area contributed by atoms with Crippen molar-refractivity contribution >= 4 is 27.5 Å². The number of carbonyl (C=O) groups is 1. The summed E-state index contributed by atoms with van der Waals surface area (Å²) in [6.07, 6.45) is 2.11. The number of aryl methyl sites for hydroxylation is 1. The maximum absolute atomic E-state index is 11.6. The van der Waals surface area contributed by atoms with Crippen LogP contribution in [0.3, 0.4) is 0 Å². The van der Waals surface area contributed by atoms with E-state index < -0.39 is 6.04 Å². The molecule has 0 radical (unpaired) electrons. The molecule has 3 N–H and O–H groups in total. The van der Waals surface area contributed by atoms with Crippen LogP contribution in [0.15, 0.2) is 35.3 Å². The highest BCUT2D eigenvalue weighted by Crippen LogP contribution is 2.20. The number of benzene rings is 1. The minimum absolute atomic E-state index is 0.193. The molecule has 1 rings (SSSR count). The topological polar surface area (TPSA) is 55.1 Å². The minimum atomic E-state index is -0.540. The van der Waals surface area contributed by atoms with Gasteiger partial charge < -0.3 is 11.1 Å². The average molecular weight is 283 g/mol. The second-order valence-electron chi connectivity index (χ2n) is 3.58. The predicted octanol–water partition coefficient (Wildman–Crippen LogP) is 2.60. The highest BCUT2D eigenvalue weighted by Gasteiger charge is 2.11. The van der Waals surface area contributed by atoms with Crippen LogP contribution in [0.5, 0.6) is 0 Å². The number of amides is 1. The Morgan fingerprint density at radius 3 is 2.94 bits per heavy atom. The third kappa shape index (κ3) is 3.47. The van der Waals surface area contributed by atoms with Gasteiger partial charge in [-0.05, 0) is 37.1 Å². The monoisotopic (exact) mass is 282 g/mol. The number of nitrogens with two attached hydrogens (primary N) is 1. The molecule has 0 aliphatic carbocycles. The summed E-state index contributed by atoms with van der Waals surface area (Å²) >= 11 is 3.40. The standard InChI is InChI=1S/C12H15BrN2O/c1-3-4-11(14)12(16)15-9-5-6-10(13)8(2)7-9/h3,5-7,11H,1,4,14H2,2H3,(H,15,16). The summed E-state index contributed by atoms with van der Waals surface area (Å²) in [6, 6.07) is 5.07. The summed E-state index contributed by atoms with van der Waals surface area (Å²) in [5.74, 6) is -0.193. The Hall–Kier alpha value is -1.13. The molecule has 0 aliphatic heterocycles. The van der Waals surface area contributed by atoms with E-state index in [9.17, 15) is 4.79 Å². The van der Waals surface area contributed by atoms with Gasteiger partial charge in [-0.1, -0.05) is 22.0 Å². The van der Waals surface area contributed by atoms with Crippen LogP contribution in [0.2, 0.25) is 0 Å². The van der Waals surface area contributed by atoms with Crippen LogP contribution in [-0.4, -0.2) is 11.9 Å². The molecule has 0 heterocycles. The number of rotatable bonds is 4. The van der Waals surface area contributed by atoms with Crippen molar-refractivity contribution in [2.45, 2.75) is 19.4 Å². The van der Waals surface area contributed by atoms with Crippen molar-refractivity contribution < 1.29 is 4.79 Å². The lowest BCUT2D eigenvalue weighted by molar-refractivity contribution is -0.117. The minimum Gasteiger partial charge on any atom is -0.325 e. The first-order valence-electron chi connectivity index (χ1n) is 4.98. The molecule has 0 spiro atoms. The molecule has 1 amide bonds. The second kappa shape index (κ2) is 5.82. The van der Waals surface area contributed by atoms with Gasteiger partial charge >= 0.3 is 0 Å². The quantitative estimate of drug-likeness (QED) is 0.834. The third-order valence-corrected chi connectivity index (χ3v) is 3.07. The first kappa shape index (κ1) is 12.9.